The van der Waals surface area contributed by atoms with Crippen LogP contribution in [0.5, 0.6) is 0 Å². The standard InChI is InChI=1S/C24H27N3O/c1-23-14-17(15-25)22(28)24(12-6-7-13-24)19(23)11-10-18-20(27(2)26-21(18)23)16-8-4-3-5-9-16/h3-5,8-9,17,19H,6-7,10-14H2,1-2H3/t17?,19-,23+/m1/s1. The van der Waals surface area contributed by atoms with Crippen molar-refractivity contribution in [2.75, 3.05) is 0 Å². The Kier molecular flexibility index (Phi) is 3.81. The van der Waals surface area contributed by atoms with Crippen LogP contribution in [0.15, 0.2) is 30.3 Å². The Bertz CT molecular complexity index is 977. The average molecular weight is 374 g/mol. The lowest BCUT2D eigenvalue weighted by Gasteiger charge is -2.54. The molecule has 0 aliphatic heterocycles. The summed E-state index contributed by atoms with van der Waals surface area (Å²) in [4.78, 5) is 13.3. The molecule has 3 atom stereocenters. The lowest BCUT2D eigenvalue weighted by atomic mass is 9.47. The van der Waals surface area contributed by atoms with Crippen molar-refractivity contribution in [2.24, 2.45) is 24.3 Å². The van der Waals surface area contributed by atoms with Crippen molar-refractivity contribution in [2.45, 2.75) is 57.3 Å². The van der Waals surface area contributed by atoms with Crippen LogP contribution in [-0.2, 0) is 23.7 Å². The zero-order valence-electron chi connectivity index (χ0n) is 16.7. The maximum Gasteiger partial charge on any atom is 0.156 e. The van der Waals surface area contributed by atoms with Gasteiger partial charge < -0.3 is 0 Å². The lowest BCUT2D eigenvalue weighted by Crippen LogP contribution is -2.56. The molecule has 0 amide bonds. The van der Waals surface area contributed by atoms with Gasteiger partial charge in [-0.05, 0) is 38.0 Å². The SMILES string of the molecule is Cn1nc2c(c1-c1ccccc1)CC[C@H]1C3(CCCC3)C(=O)C(C#N)C[C@]21C. The van der Waals surface area contributed by atoms with Crippen molar-refractivity contribution in [3.8, 4) is 17.3 Å². The molecule has 3 aliphatic carbocycles. The molecule has 0 bridgehead atoms. The second-order valence-corrected chi connectivity index (χ2v) is 9.29. The summed E-state index contributed by atoms with van der Waals surface area (Å²) < 4.78 is 2.02. The van der Waals surface area contributed by atoms with Crippen molar-refractivity contribution in [3.63, 3.8) is 0 Å². The number of aromatic nitrogens is 2. The second kappa shape index (κ2) is 6.04. The summed E-state index contributed by atoms with van der Waals surface area (Å²) in [5.41, 5.74) is 4.36. The minimum atomic E-state index is -0.493. The van der Waals surface area contributed by atoms with Gasteiger partial charge in [0.15, 0.2) is 5.78 Å². The normalized spacial score (nSPS) is 30.7. The molecule has 2 saturated carbocycles. The second-order valence-electron chi connectivity index (χ2n) is 9.29. The molecule has 1 spiro atoms. The molecule has 4 nitrogen and oxygen atoms in total. The molecule has 0 N–H and O–H groups in total. The molecule has 144 valence electrons. The zero-order chi connectivity index (χ0) is 19.5. The number of rotatable bonds is 1. The first-order valence-corrected chi connectivity index (χ1v) is 10.6. The quantitative estimate of drug-likeness (QED) is 0.735. The van der Waals surface area contributed by atoms with Crippen LogP contribution in [0.4, 0.5) is 0 Å². The number of hydrogen-bond acceptors (Lipinski definition) is 3. The third kappa shape index (κ3) is 2.16. The molecule has 0 saturated heterocycles. The highest BCUT2D eigenvalue weighted by molar-refractivity contribution is 5.91. The van der Waals surface area contributed by atoms with E-state index in [1.54, 1.807) is 0 Å². The maximum atomic E-state index is 13.3. The predicted octanol–water partition coefficient (Wildman–Crippen LogP) is 4.58. The van der Waals surface area contributed by atoms with Crippen LogP contribution in [-0.4, -0.2) is 15.6 Å². The van der Waals surface area contributed by atoms with Crippen LogP contribution < -0.4 is 0 Å². The summed E-state index contributed by atoms with van der Waals surface area (Å²) >= 11 is 0. The number of nitriles is 1. The van der Waals surface area contributed by atoms with Gasteiger partial charge in [0.25, 0.3) is 0 Å². The van der Waals surface area contributed by atoms with Crippen molar-refractivity contribution >= 4 is 5.78 Å². The van der Waals surface area contributed by atoms with Gasteiger partial charge in [-0.25, -0.2) is 0 Å². The highest BCUT2D eigenvalue weighted by atomic mass is 16.1. The van der Waals surface area contributed by atoms with Gasteiger partial charge in [-0.3, -0.25) is 9.48 Å². The number of carbonyl (C=O) groups is 1. The van der Waals surface area contributed by atoms with Crippen molar-refractivity contribution < 1.29 is 4.79 Å². The van der Waals surface area contributed by atoms with E-state index in [0.717, 1.165) is 44.2 Å². The summed E-state index contributed by atoms with van der Waals surface area (Å²) in [5, 5.41) is 14.8. The smallest absolute Gasteiger partial charge is 0.156 e. The first kappa shape index (κ1) is 17.7. The molecular formula is C24H27N3O. The van der Waals surface area contributed by atoms with Gasteiger partial charge in [-0.15, -0.1) is 0 Å². The number of ketones is 1. The Morgan fingerprint density at radius 1 is 1.21 bits per heavy atom. The van der Waals surface area contributed by atoms with E-state index in [-0.39, 0.29) is 16.6 Å². The average Bonchev–Trinajstić information content (AvgIpc) is 3.31. The van der Waals surface area contributed by atoms with Gasteiger partial charge in [0.2, 0.25) is 0 Å². The molecule has 28 heavy (non-hydrogen) atoms. The first-order valence-electron chi connectivity index (χ1n) is 10.6. The van der Waals surface area contributed by atoms with Crippen LogP contribution >= 0.6 is 0 Å². The van der Waals surface area contributed by atoms with Crippen LogP contribution in [0, 0.1) is 28.6 Å². The number of benzene rings is 1. The Morgan fingerprint density at radius 2 is 1.93 bits per heavy atom. The monoisotopic (exact) mass is 373 g/mol. The predicted molar refractivity (Wildman–Crippen MR) is 107 cm³/mol. The Labute approximate surface area is 166 Å². The van der Waals surface area contributed by atoms with E-state index in [4.69, 9.17) is 5.10 Å². The summed E-state index contributed by atoms with van der Waals surface area (Å²) in [6, 6.07) is 12.8. The highest BCUT2D eigenvalue weighted by Crippen LogP contribution is 2.62. The van der Waals surface area contributed by atoms with Crippen LogP contribution in [0.2, 0.25) is 0 Å². The largest absolute Gasteiger partial charge is 0.298 e. The third-order valence-electron chi connectivity index (χ3n) is 7.94. The number of fused-ring (bicyclic) bond motifs is 4. The summed E-state index contributed by atoms with van der Waals surface area (Å²) in [5.74, 6) is 0.0516. The number of Topliss-reactive ketones (excluding diaryl/α,β-unsaturated/α-hetero) is 1. The van der Waals surface area contributed by atoms with E-state index in [9.17, 15) is 10.1 Å². The molecule has 5 rings (SSSR count). The number of carbonyl (C=O) groups excluding carboxylic acids is 1. The highest BCUT2D eigenvalue weighted by Gasteiger charge is 2.62. The molecule has 1 heterocycles. The van der Waals surface area contributed by atoms with E-state index in [1.807, 2.05) is 17.8 Å². The van der Waals surface area contributed by atoms with E-state index < -0.39 is 5.92 Å². The van der Waals surface area contributed by atoms with E-state index in [1.165, 1.54) is 16.8 Å². The van der Waals surface area contributed by atoms with Crippen molar-refractivity contribution in [1.82, 2.24) is 9.78 Å². The van der Waals surface area contributed by atoms with Gasteiger partial charge in [-0.2, -0.15) is 10.4 Å². The Hall–Kier alpha value is -2.41. The topological polar surface area (TPSA) is 58.7 Å². The maximum absolute atomic E-state index is 13.3. The van der Waals surface area contributed by atoms with Crippen molar-refractivity contribution in [3.05, 3.63) is 41.6 Å². The summed E-state index contributed by atoms with van der Waals surface area (Å²) in [6.07, 6.45) is 6.75. The van der Waals surface area contributed by atoms with E-state index in [2.05, 4.69) is 37.3 Å². The van der Waals surface area contributed by atoms with E-state index in [0.29, 0.717) is 12.3 Å². The molecule has 1 unspecified atom stereocenters. The molecule has 3 aliphatic rings. The van der Waals surface area contributed by atoms with Gasteiger partial charge in [-0.1, -0.05) is 50.1 Å². The lowest BCUT2D eigenvalue weighted by molar-refractivity contribution is -0.143. The molecule has 0 radical (unpaired) electrons. The van der Waals surface area contributed by atoms with Gasteiger partial charge in [0, 0.05) is 29.0 Å². The molecule has 2 fully saturated rings. The molecular weight excluding hydrogens is 346 g/mol. The van der Waals surface area contributed by atoms with Gasteiger partial charge in [0.1, 0.15) is 5.92 Å². The Balaban J connectivity index is 1.69. The van der Waals surface area contributed by atoms with Gasteiger partial charge >= 0.3 is 0 Å². The minimum Gasteiger partial charge on any atom is -0.298 e. The summed E-state index contributed by atoms with van der Waals surface area (Å²) in [7, 11) is 2.03. The molecule has 1 aromatic heterocycles. The Morgan fingerprint density at radius 3 is 2.61 bits per heavy atom. The summed E-state index contributed by atoms with van der Waals surface area (Å²) in [6.45, 7) is 2.29. The third-order valence-corrected chi connectivity index (χ3v) is 7.94. The number of nitrogens with zero attached hydrogens (tertiary/aromatic N) is 3. The fraction of sp³-hybridized carbons (Fsp3) is 0.542. The fourth-order valence-electron chi connectivity index (χ4n) is 6.86. The number of aryl methyl sites for hydroxylation is 1. The van der Waals surface area contributed by atoms with Crippen LogP contribution in [0.3, 0.4) is 0 Å². The zero-order valence-corrected chi connectivity index (χ0v) is 16.7. The fourth-order valence-corrected chi connectivity index (χ4v) is 6.86. The van der Waals surface area contributed by atoms with E-state index >= 15 is 0 Å². The molecule has 1 aromatic carbocycles. The molecule has 2 aromatic rings. The number of hydrogen-bond donors (Lipinski definition) is 0. The first-order chi connectivity index (χ1) is 13.5. The van der Waals surface area contributed by atoms with Crippen LogP contribution in [0.1, 0.15) is 56.7 Å². The minimum absolute atomic E-state index is 0.197. The van der Waals surface area contributed by atoms with Crippen LogP contribution in [0.25, 0.3) is 11.3 Å². The molecule has 4 heteroatoms. The van der Waals surface area contributed by atoms with Crippen molar-refractivity contribution in [1.29, 1.82) is 5.26 Å². The van der Waals surface area contributed by atoms with Gasteiger partial charge in [0.05, 0.1) is 17.5 Å².